The summed E-state index contributed by atoms with van der Waals surface area (Å²) in [5, 5.41) is 2.62. The molecule has 34 heavy (non-hydrogen) atoms. The van der Waals surface area contributed by atoms with E-state index in [-0.39, 0.29) is 19.0 Å². The van der Waals surface area contributed by atoms with E-state index in [0.29, 0.717) is 42.5 Å². The molecule has 1 aliphatic heterocycles. The van der Waals surface area contributed by atoms with Crippen molar-refractivity contribution in [3.05, 3.63) is 66.1 Å². The van der Waals surface area contributed by atoms with Gasteiger partial charge in [0.05, 0.1) is 5.52 Å². The molecule has 11 heteroatoms. The molecule has 2 heterocycles. The number of rotatable bonds is 6. The largest absolute Gasteiger partial charge is 0.471 e. The van der Waals surface area contributed by atoms with Crippen LogP contribution in [-0.2, 0) is 21.4 Å². The molecule has 6 nitrogen and oxygen atoms in total. The number of hydrogen-bond donors (Lipinski definition) is 1. The fraction of sp³-hybridized carbons (Fsp3) is 0.348. The molecule has 0 radical (unpaired) electrons. The molecule has 0 spiro atoms. The van der Waals surface area contributed by atoms with Gasteiger partial charge in [0.15, 0.2) is 0 Å². The van der Waals surface area contributed by atoms with E-state index in [1.54, 1.807) is 30.3 Å². The van der Waals surface area contributed by atoms with Crippen molar-refractivity contribution in [1.82, 2.24) is 14.2 Å². The van der Waals surface area contributed by atoms with Gasteiger partial charge in [-0.1, -0.05) is 30.3 Å². The van der Waals surface area contributed by atoms with Crippen LogP contribution in [0.3, 0.4) is 0 Å². The van der Waals surface area contributed by atoms with E-state index in [9.17, 15) is 30.8 Å². The van der Waals surface area contributed by atoms with E-state index in [4.69, 9.17) is 0 Å². The maximum atomic E-state index is 14.4. The Bertz CT molecular complexity index is 1300. The fourth-order valence-corrected chi connectivity index (χ4v) is 5.85. The highest BCUT2D eigenvalue weighted by Crippen LogP contribution is 2.29. The van der Waals surface area contributed by atoms with Gasteiger partial charge in [-0.25, -0.2) is 16.8 Å². The molecule has 1 saturated heterocycles. The second kappa shape index (κ2) is 9.38. The number of piperidine rings is 1. The molecule has 182 valence electrons. The van der Waals surface area contributed by atoms with Crippen LogP contribution in [0.5, 0.6) is 0 Å². The van der Waals surface area contributed by atoms with Gasteiger partial charge in [0.1, 0.15) is 10.7 Å². The van der Waals surface area contributed by atoms with Crippen molar-refractivity contribution in [2.24, 2.45) is 5.92 Å². The Balaban J connectivity index is 1.53. The summed E-state index contributed by atoms with van der Waals surface area (Å²) in [4.78, 5) is 12.6. The third-order valence-corrected chi connectivity index (χ3v) is 7.79. The van der Waals surface area contributed by atoms with Crippen LogP contribution in [-0.4, -0.2) is 49.0 Å². The molecular formula is C23H23F4N3O3S. The first-order valence-corrected chi connectivity index (χ1v) is 12.2. The molecule has 0 atom stereocenters. The van der Waals surface area contributed by atoms with Crippen LogP contribution in [0.25, 0.3) is 10.9 Å². The van der Waals surface area contributed by atoms with Crippen molar-refractivity contribution in [3.63, 3.8) is 0 Å². The van der Waals surface area contributed by atoms with Gasteiger partial charge in [-0.15, -0.1) is 0 Å². The number of carbonyl (C=O) groups excluding carboxylic acids is 1. The fourth-order valence-electron chi connectivity index (χ4n) is 4.25. The SMILES string of the molecule is O=C(NCC1CCN(Cc2cc3ccccc3n2S(=O)(=O)c2ccccc2F)CC1)C(F)(F)F. The summed E-state index contributed by atoms with van der Waals surface area (Å²) in [6, 6.07) is 13.9. The molecule has 1 aromatic heterocycles. The number of aromatic nitrogens is 1. The molecule has 1 amide bonds. The molecule has 4 rings (SSSR count). The Labute approximate surface area is 194 Å². The lowest BCUT2D eigenvalue weighted by atomic mass is 9.96. The van der Waals surface area contributed by atoms with Crippen LogP contribution < -0.4 is 5.32 Å². The lowest BCUT2D eigenvalue weighted by Gasteiger charge is -2.32. The van der Waals surface area contributed by atoms with Gasteiger partial charge < -0.3 is 5.32 Å². The van der Waals surface area contributed by atoms with Crippen LogP contribution in [0.2, 0.25) is 0 Å². The van der Waals surface area contributed by atoms with Crippen LogP contribution in [0.4, 0.5) is 17.6 Å². The molecule has 3 aromatic rings. The van der Waals surface area contributed by atoms with Crippen molar-refractivity contribution >= 4 is 26.8 Å². The highest BCUT2D eigenvalue weighted by atomic mass is 32.2. The zero-order valence-corrected chi connectivity index (χ0v) is 18.9. The molecule has 0 aliphatic carbocycles. The number of benzene rings is 2. The van der Waals surface area contributed by atoms with Gasteiger partial charge in [-0.05, 0) is 56.1 Å². The smallest absolute Gasteiger partial charge is 0.348 e. The minimum absolute atomic E-state index is 0.0614. The van der Waals surface area contributed by atoms with E-state index >= 15 is 0 Å². The predicted molar refractivity (Wildman–Crippen MR) is 118 cm³/mol. The van der Waals surface area contributed by atoms with Crippen molar-refractivity contribution in [2.75, 3.05) is 19.6 Å². The minimum Gasteiger partial charge on any atom is -0.348 e. The Morgan fingerprint density at radius 2 is 1.68 bits per heavy atom. The van der Waals surface area contributed by atoms with Crippen molar-refractivity contribution in [2.45, 2.75) is 30.5 Å². The van der Waals surface area contributed by atoms with Gasteiger partial charge in [0.25, 0.3) is 10.0 Å². The highest BCUT2D eigenvalue weighted by molar-refractivity contribution is 7.90. The van der Waals surface area contributed by atoms with E-state index in [1.807, 2.05) is 10.2 Å². The number of likely N-dealkylation sites (tertiary alicyclic amines) is 1. The van der Waals surface area contributed by atoms with Gasteiger partial charge in [-0.3, -0.25) is 9.69 Å². The number of halogens is 4. The average molecular weight is 498 g/mol. The minimum atomic E-state index is -4.90. The third-order valence-electron chi connectivity index (χ3n) is 5.99. The van der Waals surface area contributed by atoms with E-state index < -0.39 is 32.8 Å². The maximum Gasteiger partial charge on any atom is 0.471 e. The van der Waals surface area contributed by atoms with E-state index in [2.05, 4.69) is 0 Å². The molecular weight excluding hydrogens is 474 g/mol. The van der Waals surface area contributed by atoms with Gasteiger partial charge in [0, 0.05) is 24.2 Å². The number of nitrogens with zero attached hydrogens (tertiary/aromatic N) is 2. The number of alkyl halides is 3. The van der Waals surface area contributed by atoms with Crippen LogP contribution >= 0.6 is 0 Å². The van der Waals surface area contributed by atoms with E-state index in [1.165, 1.54) is 18.2 Å². The first kappa shape index (κ1) is 24.2. The first-order chi connectivity index (χ1) is 16.1. The zero-order valence-electron chi connectivity index (χ0n) is 18.1. The molecule has 1 N–H and O–H groups in total. The van der Waals surface area contributed by atoms with Crippen molar-refractivity contribution in [1.29, 1.82) is 0 Å². The van der Waals surface area contributed by atoms with Crippen LogP contribution in [0.15, 0.2) is 59.5 Å². The second-order valence-electron chi connectivity index (χ2n) is 8.32. The molecule has 1 aliphatic rings. The number of nitrogens with one attached hydrogen (secondary N) is 1. The standard InChI is InChI=1S/C23H23F4N3O3S/c24-19-6-2-4-8-21(19)34(32,33)30-18(13-17-5-1-3-7-20(17)30)15-29-11-9-16(10-12-29)14-28-22(31)23(25,26)27/h1-8,13,16H,9-12,14-15H2,(H,28,31). The molecule has 1 fully saturated rings. The quantitative estimate of drug-likeness (QED) is 0.525. The average Bonchev–Trinajstić information content (AvgIpc) is 3.16. The summed E-state index contributed by atoms with van der Waals surface area (Å²) in [5.41, 5.74) is 0.902. The number of carbonyl (C=O) groups is 1. The number of hydrogen-bond acceptors (Lipinski definition) is 4. The summed E-state index contributed by atoms with van der Waals surface area (Å²) in [5.74, 6) is -2.89. The lowest BCUT2D eigenvalue weighted by Crippen LogP contribution is -2.42. The Hall–Kier alpha value is -2.92. The lowest BCUT2D eigenvalue weighted by molar-refractivity contribution is -0.173. The monoisotopic (exact) mass is 497 g/mol. The van der Waals surface area contributed by atoms with Gasteiger partial charge in [0.2, 0.25) is 0 Å². The third kappa shape index (κ3) is 4.95. The maximum absolute atomic E-state index is 14.4. The normalized spacial score (nSPS) is 16.1. The van der Waals surface area contributed by atoms with Crippen LogP contribution in [0, 0.1) is 11.7 Å². The van der Waals surface area contributed by atoms with Gasteiger partial charge >= 0.3 is 12.1 Å². The number of para-hydroxylation sites is 1. The van der Waals surface area contributed by atoms with Gasteiger partial charge in [-0.2, -0.15) is 13.2 Å². The van der Waals surface area contributed by atoms with E-state index in [0.717, 1.165) is 10.0 Å². The highest BCUT2D eigenvalue weighted by Gasteiger charge is 2.38. The van der Waals surface area contributed by atoms with Crippen molar-refractivity contribution < 1.29 is 30.8 Å². The topological polar surface area (TPSA) is 71.4 Å². The molecule has 2 aromatic carbocycles. The Morgan fingerprint density at radius 1 is 1.03 bits per heavy atom. The summed E-state index contributed by atoms with van der Waals surface area (Å²) >= 11 is 0. The first-order valence-electron chi connectivity index (χ1n) is 10.7. The Morgan fingerprint density at radius 3 is 2.35 bits per heavy atom. The second-order valence-corrected chi connectivity index (χ2v) is 10.1. The summed E-state index contributed by atoms with van der Waals surface area (Å²) in [6.07, 6.45) is -3.80. The molecule has 0 bridgehead atoms. The summed E-state index contributed by atoms with van der Waals surface area (Å²) in [7, 11) is -4.22. The summed E-state index contributed by atoms with van der Waals surface area (Å²) < 4.78 is 79.6. The Kier molecular flexibility index (Phi) is 6.68. The van der Waals surface area contributed by atoms with Crippen LogP contribution in [0.1, 0.15) is 18.5 Å². The predicted octanol–water partition coefficient (Wildman–Crippen LogP) is 3.91. The number of fused-ring (bicyclic) bond motifs is 1. The zero-order chi connectivity index (χ0) is 24.5. The molecule has 0 saturated carbocycles. The number of amides is 1. The van der Waals surface area contributed by atoms with Crippen molar-refractivity contribution in [3.8, 4) is 0 Å². The molecule has 0 unspecified atom stereocenters. The summed E-state index contributed by atoms with van der Waals surface area (Å²) in [6.45, 7) is 1.25.